The van der Waals surface area contributed by atoms with Gasteiger partial charge in [-0.1, -0.05) is 6.07 Å². The molecule has 1 unspecified atom stereocenters. The maximum absolute atomic E-state index is 12.6. The molecule has 23 heavy (non-hydrogen) atoms. The van der Waals surface area contributed by atoms with Gasteiger partial charge in [-0.3, -0.25) is 4.79 Å². The first-order valence-electron chi connectivity index (χ1n) is 7.19. The van der Waals surface area contributed by atoms with Crippen LogP contribution in [0, 0.1) is 0 Å². The molecule has 0 spiro atoms. The third-order valence-corrected chi connectivity index (χ3v) is 5.69. The van der Waals surface area contributed by atoms with E-state index in [2.05, 4.69) is 16.6 Å². The van der Waals surface area contributed by atoms with Crippen LogP contribution in [0.4, 0.5) is 5.13 Å². The van der Waals surface area contributed by atoms with Crippen LogP contribution in [0.2, 0.25) is 0 Å². The number of amides is 1. The molecule has 1 atom stereocenters. The lowest BCUT2D eigenvalue weighted by molar-refractivity contribution is -0.119. The molecule has 1 amide bonds. The quantitative estimate of drug-likeness (QED) is 0.667. The summed E-state index contributed by atoms with van der Waals surface area (Å²) in [6, 6.07) is 7.72. The summed E-state index contributed by atoms with van der Waals surface area (Å²) in [6.45, 7) is 0. The van der Waals surface area contributed by atoms with E-state index in [1.165, 1.54) is 11.3 Å². The summed E-state index contributed by atoms with van der Waals surface area (Å²) in [5.74, 6) is 0.927. The van der Waals surface area contributed by atoms with Crippen molar-refractivity contribution < 1.29 is 4.79 Å². The summed E-state index contributed by atoms with van der Waals surface area (Å²) in [6.07, 6.45) is 6.72. The summed E-state index contributed by atoms with van der Waals surface area (Å²) in [5, 5.41) is 7.62. The molecular formula is C16H17N3OS3. The number of nitrogens with one attached hydrogen (secondary N) is 1. The Labute approximate surface area is 147 Å². The fourth-order valence-electron chi connectivity index (χ4n) is 2.26. The molecule has 0 saturated carbocycles. The second-order valence-electron chi connectivity index (χ2n) is 4.93. The molecule has 0 aliphatic rings. The molecule has 7 heteroatoms. The van der Waals surface area contributed by atoms with Gasteiger partial charge in [0.1, 0.15) is 6.04 Å². The predicted molar refractivity (Wildman–Crippen MR) is 101 cm³/mol. The first-order valence-corrected chi connectivity index (χ1v) is 10.3. The number of nitrogens with zero attached hydrogens (tertiary/aromatic N) is 2. The fourth-order valence-corrected chi connectivity index (χ4v) is 4.19. The number of hydrogen-bond acceptors (Lipinski definition) is 5. The van der Waals surface area contributed by atoms with Gasteiger partial charge in [0.05, 0.1) is 10.6 Å². The number of anilines is 1. The van der Waals surface area contributed by atoms with Crippen LogP contribution in [0.15, 0.2) is 47.4 Å². The maximum atomic E-state index is 12.6. The van der Waals surface area contributed by atoms with Crippen LogP contribution in [0.3, 0.4) is 0 Å². The Morgan fingerprint density at radius 1 is 1.35 bits per heavy atom. The van der Waals surface area contributed by atoms with E-state index in [1.807, 2.05) is 52.0 Å². The SMILES string of the molecule is CSCCC(C(=O)Nc1nc(-c2cccs2)cs1)n1cccc1. The maximum Gasteiger partial charge on any atom is 0.249 e. The van der Waals surface area contributed by atoms with Crippen molar-refractivity contribution in [1.29, 1.82) is 0 Å². The van der Waals surface area contributed by atoms with Gasteiger partial charge in [0.15, 0.2) is 5.13 Å². The van der Waals surface area contributed by atoms with Crippen LogP contribution in [0.1, 0.15) is 12.5 Å². The Bertz CT molecular complexity index is 735. The van der Waals surface area contributed by atoms with Gasteiger partial charge in [0, 0.05) is 17.8 Å². The van der Waals surface area contributed by atoms with E-state index in [0.29, 0.717) is 5.13 Å². The van der Waals surface area contributed by atoms with Crippen LogP contribution in [-0.2, 0) is 4.79 Å². The van der Waals surface area contributed by atoms with Crippen molar-refractivity contribution >= 4 is 45.5 Å². The fraction of sp³-hybridized carbons (Fsp3) is 0.250. The van der Waals surface area contributed by atoms with Crippen LogP contribution in [0.5, 0.6) is 0 Å². The number of thiazole rings is 1. The average Bonchev–Trinajstić information content (AvgIpc) is 3.30. The van der Waals surface area contributed by atoms with E-state index in [1.54, 1.807) is 23.1 Å². The second-order valence-corrected chi connectivity index (χ2v) is 7.72. The smallest absolute Gasteiger partial charge is 0.249 e. The Balaban J connectivity index is 1.71. The van der Waals surface area contributed by atoms with Crippen LogP contribution in [-0.4, -0.2) is 27.5 Å². The van der Waals surface area contributed by atoms with Gasteiger partial charge in [0.2, 0.25) is 5.91 Å². The topological polar surface area (TPSA) is 46.9 Å². The van der Waals surface area contributed by atoms with E-state index in [4.69, 9.17) is 0 Å². The molecule has 0 fully saturated rings. The van der Waals surface area contributed by atoms with Crippen molar-refractivity contribution in [2.24, 2.45) is 0 Å². The molecule has 4 nitrogen and oxygen atoms in total. The number of carbonyl (C=O) groups excluding carboxylic acids is 1. The van der Waals surface area contributed by atoms with E-state index in [-0.39, 0.29) is 11.9 Å². The van der Waals surface area contributed by atoms with E-state index in [0.717, 1.165) is 22.7 Å². The Kier molecular flexibility index (Phi) is 5.53. The number of thiophene rings is 1. The minimum Gasteiger partial charge on any atom is -0.342 e. The van der Waals surface area contributed by atoms with Crippen molar-refractivity contribution in [1.82, 2.24) is 9.55 Å². The summed E-state index contributed by atoms with van der Waals surface area (Å²) >= 11 is 4.86. The lowest BCUT2D eigenvalue weighted by atomic mass is 10.2. The zero-order valence-corrected chi connectivity index (χ0v) is 15.1. The van der Waals surface area contributed by atoms with Crippen LogP contribution >= 0.6 is 34.4 Å². The first-order chi connectivity index (χ1) is 11.3. The van der Waals surface area contributed by atoms with E-state index in [9.17, 15) is 4.79 Å². The van der Waals surface area contributed by atoms with Crippen molar-refractivity contribution in [2.45, 2.75) is 12.5 Å². The molecule has 3 rings (SSSR count). The van der Waals surface area contributed by atoms with Gasteiger partial charge in [-0.05, 0) is 42.0 Å². The monoisotopic (exact) mass is 363 g/mol. The molecule has 120 valence electrons. The van der Waals surface area contributed by atoms with Crippen molar-refractivity contribution in [3.05, 3.63) is 47.4 Å². The average molecular weight is 364 g/mol. The zero-order chi connectivity index (χ0) is 16.1. The van der Waals surface area contributed by atoms with E-state index >= 15 is 0 Å². The molecule has 0 radical (unpaired) electrons. The Morgan fingerprint density at radius 3 is 2.87 bits per heavy atom. The molecule has 0 saturated heterocycles. The molecule has 0 aliphatic carbocycles. The number of hydrogen-bond donors (Lipinski definition) is 1. The lowest BCUT2D eigenvalue weighted by Crippen LogP contribution is -2.25. The van der Waals surface area contributed by atoms with Crippen molar-refractivity contribution in [2.75, 3.05) is 17.3 Å². The highest BCUT2D eigenvalue weighted by atomic mass is 32.2. The molecule has 0 aromatic carbocycles. The highest BCUT2D eigenvalue weighted by Gasteiger charge is 2.20. The van der Waals surface area contributed by atoms with E-state index < -0.39 is 0 Å². The summed E-state index contributed by atoms with van der Waals surface area (Å²) in [7, 11) is 0. The second kappa shape index (κ2) is 7.81. The van der Waals surface area contributed by atoms with Gasteiger partial charge >= 0.3 is 0 Å². The first kappa shape index (κ1) is 16.3. The molecule has 3 aromatic rings. The molecule has 0 bridgehead atoms. The third kappa shape index (κ3) is 4.04. The molecule has 0 aliphatic heterocycles. The minimum atomic E-state index is -0.202. The minimum absolute atomic E-state index is 0.0117. The normalized spacial score (nSPS) is 12.2. The van der Waals surface area contributed by atoms with Gasteiger partial charge in [-0.2, -0.15) is 11.8 Å². The summed E-state index contributed by atoms with van der Waals surface area (Å²) < 4.78 is 1.96. The predicted octanol–water partition coefficient (Wildman–Crippen LogP) is 4.61. The molecular weight excluding hydrogens is 346 g/mol. The lowest BCUT2D eigenvalue weighted by Gasteiger charge is -2.17. The standard InChI is InChI=1S/C16H17N3OS3/c1-21-10-6-13(19-7-2-3-8-19)15(20)18-16-17-12(11-23-16)14-5-4-9-22-14/h2-5,7-9,11,13H,6,10H2,1H3,(H,17,18,20). The highest BCUT2D eigenvalue weighted by molar-refractivity contribution is 7.98. The number of aromatic nitrogens is 2. The zero-order valence-electron chi connectivity index (χ0n) is 12.6. The van der Waals surface area contributed by atoms with Gasteiger partial charge in [0.25, 0.3) is 0 Å². The number of thioether (sulfide) groups is 1. The largest absolute Gasteiger partial charge is 0.342 e. The highest BCUT2D eigenvalue weighted by Crippen LogP contribution is 2.29. The van der Waals surface area contributed by atoms with Gasteiger partial charge < -0.3 is 9.88 Å². The summed E-state index contributed by atoms with van der Waals surface area (Å²) in [4.78, 5) is 18.3. The Morgan fingerprint density at radius 2 is 2.17 bits per heavy atom. The van der Waals surface area contributed by atoms with Crippen LogP contribution < -0.4 is 5.32 Å². The van der Waals surface area contributed by atoms with Crippen LogP contribution in [0.25, 0.3) is 10.6 Å². The van der Waals surface area contributed by atoms with Gasteiger partial charge in [-0.15, -0.1) is 22.7 Å². The Hall–Kier alpha value is -1.57. The summed E-state index contributed by atoms with van der Waals surface area (Å²) in [5.41, 5.74) is 0.918. The molecule has 3 aromatic heterocycles. The molecule has 3 heterocycles. The number of rotatable bonds is 7. The van der Waals surface area contributed by atoms with Crippen molar-refractivity contribution in [3.63, 3.8) is 0 Å². The third-order valence-electron chi connectivity index (χ3n) is 3.39. The molecule has 1 N–H and O–H groups in total. The number of carbonyl (C=O) groups is 1. The van der Waals surface area contributed by atoms with Crippen molar-refractivity contribution in [3.8, 4) is 10.6 Å². The van der Waals surface area contributed by atoms with Gasteiger partial charge in [-0.25, -0.2) is 4.98 Å².